The molecule has 0 aliphatic rings. The number of non-ortho nitro benzene ring substituents is 1. The zero-order valence-corrected chi connectivity index (χ0v) is 11.0. The molecule has 0 aliphatic heterocycles. The van der Waals surface area contributed by atoms with Crippen LogP contribution in [0.4, 0.5) is 10.1 Å². The van der Waals surface area contributed by atoms with Gasteiger partial charge in [0, 0.05) is 24.2 Å². The molecule has 1 heterocycles. The number of nitro benzene ring substituents is 1. The third kappa shape index (κ3) is 3.55. The van der Waals surface area contributed by atoms with E-state index in [1.807, 2.05) is 12.3 Å². The number of nitrogens with one attached hydrogen (secondary N) is 1. The molecule has 100 valence electrons. The molecule has 0 spiro atoms. The molecular weight excluding hydrogens is 269 g/mol. The molecule has 5 nitrogen and oxygen atoms in total. The lowest BCUT2D eigenvalue weighted by molar-refractivity contribution is -0.385. The fraction of sp³-hybridized carbons (Fsp3) is 0.250. The molecular formula is C12H12FN3O2S. The Balaban J connectivity index is 2.05. The highest BCUT2D eigenvalue weighted by molar-refractivity contribution is 7.09. The summed E-state index contributed by atoms with van der Waals surface area (Å²) in [7, 11) is 0. The van der Waals surface area contributed by atoms with Gasteiger partial charge in [-0.15, -0.1) is 11.3 Å². The zero-order chi connectivity index (χ0) is 13.8. The van der Waals surface area contributed by atoms with Gasteiger partial charge in [0.05, 0.1) is 17.0 Å². The minimum atomic E-state index is -0.604. The Morgan fingerprint density at radius 1 is 1.53 bits per heavy atom. The van der Waals surface area contributed by atoms with Gasteiger partial charge in [0.15, 0.2) is 0 Å². The Kier molecular flexibility index (Phi) is 4.18. The third-order valence-corrected chi connectivity index (χ3v) is 3.55. The second-order valence-corrected chi connectivity index (χ2v) is 4.97. The van der Waals surface area contributed by atoms with Crippen LogP contribution in [0.25, 0.3) is 0 Å². The number of aromatic nitrogens is 1. The van der Waals surface area contributed by atoms with Gasteiger partial charge >= 0.3 is 0 Å². The monoisotopic (exact) mass is 281 g/mol. The summed E-state index contributed by atoms with van der Waals surface area (Å²) >= 11 is 1.52. The molecule has 0 saturated heterocycles. The zero-order valence-electron chi connectivity index (χ0n) is 10.2. The first-order valence-corrected chi connectivity index (χ1v) is 6.51. The maximum atomic E-state index is 13.2. The second-order valence-electron chi connectivity index (χ2n) is 4.05. The number of hydrogen-bond acceptors (Lipinski definition) is 5. The van der Waals surface area contributed by atoms with Crippen molar-refractivity contribution in [2.45, 2.75) is 19.5 Å². The standard InChI is InChI=1S/C12H12FN3O2S/c1-8(12-14-2-3-19-12)15-7-9-4-10(13)6-11(5-9)16(17)18/h2-6,8,15H,7H2,1H3. The van der Waals surface area contributed by atoms with Crippen molar-refractivity contribution in [2.24, 2.45) is 0 Å². The number of thiazole rings is 1. The molecule has 0 fully saturated rings. The second kappa shape index (κ2) is 5.85. The van der Waals surface area contributed by atoms with Crippen molar-refractivity contribution in [1.29, 1.82) is 0 Å². The summed E-state index contributed by atoms with van der Waals surface area (Å²) in [6.07, 6.45) is 1.71. The molecule has 1 aromatic heterocycles. The number of halogens is 1. The van der Waals surface area contributed by atoms with Crippen molar-refractivity contribution in [3.8, 4) is 0 Å². The van der Waals surface area contributed by atoms with Gasteiger partial charge in [-0.3, -0.25) is 10.1 Å². The number of benzene rings is 1. The maximum absolute atomic E-state index is 13.2. The summed E-state index contributed by atoms with van der Waals surface area (Å²) in [5.41, 5.74) is 0.300. The predicted molar refractivity (Wildman–Crippen MR) is 70.4 cm³/mol. The largest absolute Gasteiger partial charge is 0.304 e. The summed E-state index contributed by atoms with van der Waals surface area (Å²) in [5.74, 6) is -0.604. The van der Waals surface area contributed by atoms with Gasteiger partial charge in [0.1, 0.15) is 10.8 Å². The van der Waals surface area contributed by atoms with Crippen molar-refractivity contribution >= 4 is 17.0 Å². The normalized spacial score (nSPS) is 12.3. The van der Waals surface area contributed by atoms with Gasteiger partial charge in [-0.2, -0.15) is 0 Å². The van der Waals surface area contributed by atoms with Gasteiger partial charge in [-0.25, -0.2) is 9.37 Å². The topological polar surface area (TPSA) is 68.1 Å². The molecule has 2 aromatic rings. The molecule has 1 N–H and O–H groups in total. The Morgan fingerprint density at radius 2 is 2.32 bits per heavy atom. The van der Waals surface area contributed by atoms with Gasteiger partial charge in [0.2, 0.25) is 0 Å². The molecule has 2 rings (SSSR count). The van der Waals surface area contributed by atoms with E-state index in [4.69, 9.17) is 0 Å². The Hall–Kier alpha value is -1.86. The molecule has 0 radical (unpaired) electrons. The van der Waals surface area contributed by atoms with E-state index in [2.05, 4.69) is 10.3 Å². The molecule has 7 heteroatoms. The smallest absolute Gasteiger partial charge is 0.272 e. The van der Waals surface area contributed by atoms with Crippen LogP contribution in [0.5, 0.6) is 0 Å². The van der Waals surface area contributed by atoms with Crippen LogP contribution in [-0.4, -0.2) is 9.91 Å². The SMILES string of the molecule is CC(NCc1cc(F)cc([N+](=O)[O-])c1)c1nccs1. The molecule has 0 bridgehead atoms. The van der Waals surface area contributed by atoms with Gasteiger partial charge < -0.3 is 5.32 Å². The van der Waals surface area contributed by atoms with Crippen molar-refractivity contribution in [3.63, 3.8) is 0 Å². The van der Waals surface area contributed by atoms with E-state index in [0.29, 0.717) is 12.1 Å². The van der Waals surface area contributed by atoms with Crippen LogP contribution in [0.15, 0.2) is 29.8 Å². The average molecular weight is 281 g/mol. The summed E-state index contributed by atoms with van der Waals surface area (Å²) in [5, 5.41) is 16.6. The van der Waals surface area contributed by atoms with Gasteiger partial charge in [0.25, 0.3) is 5.69 Å². The highest BCUT2D eigenvalue weighted by Crippen LogP contribution is 2.18. The first-order chi connectivity index (χ1) is 9.06. The van der Waals surface area contributed by atoms with Crippen LogP contribution in [0, 0.1) is 15.9 Å². The lowest BCUT2D eigenvalue weighted by Gasteiger charge is -2.11. The Morgan fingerprint density at radius 3 is 2.95 bits per heavy atom. The van der Waals surface area contributed by atoms with Crippen molar-refractivity contribution in [1.82, 2.24) is 10.3 Å². The Labute approximate surface area is 113 Å². The van der Waals surface area contributed by atoms with Gasteiger partial charge in [-0.05, 0) is 18.6 Å². The van der Waals surface area contributed by atoms with Crippen molar-refractivity contribution in [2.75, 3.05) is 0 Å². The molecule has 19 heavy (non-hydrogen) atoms. The van der Waals surface area contributed by atoms with Crippen LogP contribution in [0.2, 0.25) is 0 Å². The first-order valence-electron chi connectivity index (χ1n) is 5.63. The van der Waals surface area contributed by atoms with Crippen LogP contribution in [-0.2, 0) is 6.54 Å². The van der Waals surface area contributed by atoms with Crippen LogP contribution < -0.4 is 5.32 Å². The molecule has 0 amide bonds. The maximum Gasteiger partial charge on any atom is 0.272 e. The quantitative estimate of drug-likeness (QED) is 0.675. The van der Waals surface area contributed by atoms with E-state index < -0.39 is 10.7 Å². The van der Waals surface area contributed by atoms with E-state index >= 15 is 0 Å². The Bertz CT molecular complexity index is 574. The average Bonchev–Trinajstić information content (AvgIpc) is 2.89. The summed E-state index contributed by atoms with van der Waals surface area (Å²) < 4.78 is 13.2. The molecule has 1 aromatic carbocycles. The predicted octanol–water partition coefficient (Wildman–Crippen LogP) is 3.04. The van der Waals surface area contributed by atoms with E-state index in [-0.39, 0.29) is 11.7 Å². The molecule has 1 unspecified atom stereocenters. The van der Waals surface area contributed by atoms with Gasteiger partial charge in [-0.1, -0.05) is 0 Å². The number of rotatable bonds is 5. The third-order valence-electron chi connectivity index (χ3n) is 2.59. The van der Waals surface area contributed by atoms with E-state index in [9.17, 15) is 14.5 Å². The van der Waals surface area contributed by atoms with E-state index in [1.165, 1.54) is 23.5 Å². The minimum absolute atomic E-state index is 0.0160. The summed E-state index contributed by atoms with van der Waals surface area (Å²) in [6, 6.07) is 3.58. The lowest BCUT2D eigenvalue weighted by atomic mass is 10.2. The van der Waals surface area contributed by atoms with Crippen LogP contribution >= 0.6 is 11.3 Å². The molecule has 0 aliphatic carbocycles. The highest BCUT2D eigenvalue weighted by Gasteiger charge is 2.11. The van der Waals surface area contributed by atoms with Crippen LogP contribution in [0.1, 0.15) is 23.5 Å². The highest BCUT2D eigenvalue weighted by atomic mass is 32.1. The fourth-order valence-electron chi connectivity index (χ4n) is 1.65. The van der Waals surface area contributed by atoms with Crippen molar-refractivity contribution in [3.05, 3.63) is 56.3 Å². The minimum Gasteiger partial charge on any atom is -0.304 e. The molecule has 1 atom stereocenters. The summed E-state index contributed by atoms with van der Waals surface area (Å²) in [4.78, 5) is 14.2. The van der Waals surface area contributed by atoms with E-state index in [1.54, 1.807) is 6.20 Å². The fourth-order valence-corrected chi connectivity index (χ4v) is 2.32. The van der Waals surface area contributed by atoms with Crippen molar-refractivity contribution < 1.29 is 9.31 Å². The number of nitrogens with zero attached hydrogens (tertiary/aromatic N) is 2. The molecule has 0 saturated carbocycles. The van der Waals surface area contributed by atoms with Crippen LogP contribution in [0.3, 0.4) is 0 Å². The number of hydrogen-bond donors (Lipinski definition) is 1. The summed E-state index contributed by atoms with van der Waals surface area (Å²) in [6.45, 7) is 2.28. The lowest BCUT2D eigenvalue weighted by Crippen LogP contribution is -2.18. The first kappa shape index (κ1) is 13.6. The number of nitro groups is 1. The van der Waals surface area contributed by atoms with E-state index in [0.717, 1.165) is 11.1 Å².